The van der Waals surface area contributed by atoms with Crippen LogP contribution in [-0.2, 0) is 16.6 Å². The second kappa shape index (κ2) is 6.01. The SMILES string of the molecule is C[C@@H](NCCc1ccc(C(C)(C)C)cc1)C(=O)O. The van der Waals surface area contributed by atoms with E-state index < -0.39 is 12.0 Å². The molecule has 1 aromatic rings. The van der Waals surface area contributed by atoms with Gasteiger partial charge < -0.3 is 10.4 Å². The first-order chi connectivity index (χ1) is 8.30. The molecule has 0 saturated carbocycles. The van der Waals surface area contributed by atoms with Crippen molar-refractivity contribution in [1.82, 2.24) is 5.32 Å². The first-order valence-electron chi connectivity index (χ1n) is 6.36. The van der Waals surface area contributed by atoms with Crippen LogP contribution in [0.2, 0.25) is 0 Å². The van der Waals surface area contributed by atoms with Gasteiger partial charge in [0.05, 0.1) is 0 Å². The summed E-state index contributed by atoms with van der Waals surface area (Å²) in [6, 6.07) is 8.05. The monoisotopic (exact) mass is 249 g/mol. The van der Waals surface area contributed by atoms with Gasteiger partial charge >= 0.3 is 5.97 Å². The second-order valence-corrected chi connectivity index (χ2v) is 5.71. The third-order valence-electron chi connectivity index (χ3n) is 3.05. The Morgan fingerprint density at radius 3 is 2.28 bits per heavy atom. The summed E-state index contributed by atoms with van der Waals surface area (Å²) in [5.74, 6) is -0.807. The number of benzene rings is 1. The lowest BCUT2D eigenvalue weighted by molar-refractivity contribution is -0.138. The average Bonchev–Trinajstić information content (AvgIpc) is 2.28. The maximum Gasteiger partial charge on any atom is 0.320 e. The Kier molecular flexibility index (Phi) is 4.91. The highest BCUT2D eigenvalue weighted by Crippen LogP contribution is 2.22. The number of hydrogen-bond acceptors (Lipinski definition) is 2. The minimum atomic E-state index is -0.807. The molecule has 1 aromatic carbocycles. The van der Waals surface area contributed by atoms with Crippen molar-refractivity contribution in [3.05, 3.63) is 35.4 Å². The van der Waals surface area contributed by atoms with Crippen LogP contribution in [0.4, 0.5) is 0 Å². The molecule has 3 nitrogen and oxygen atoms in total. The maximum absolute atomic E-state index is 10.6. The van der Waals surface area contributed by atoms with E-state index in [2.05, 4.69) is 50.4 Å². The molecule has 0 aromatic heterocycles. The predicted molar refractivity (Wildman–Crippen MR) is 73.9 cm³/mol. The van der Waals surface area contributed by atoms with Crippen LogP contribution in [0.15, 0.2) is 24.3 Å². The highest BCUT2D eigenvalue weighted by Gasteiger charge is 2.13. The largest absolute Gasteiger partial charge is 0.480 e. The van der Waals surface area contributed by atoms with Gasteiger partial charge in [-0.15, -0.1) is 0 Å². The fourth-order valence-electron chi connectivity index (χ4n) is 1.69. The number of nitrogens with one attached hydrogen (secondary N) is 1. The van der Waals surface area contributed by atoms with Crippen LogP contribution in [0.5, 0.6) is 0 Å². The number of carboxylic acid groups (broad SMARTS) is 1. The third-order valence-corrected chi connectivity index (χ3v) is 3.05. The molecule has 0 saturated heterocycles. The van der Waals surface area contributed by atoms with Crippen molar-refractivity contribution in [2.75, 3.05) is 6.54 Å². The van der Waals surface area contributed by atoms with Gasteiger partial charge in [0.1, 0.15) is 6.04 Å². The summed E-state index contributed by atoms with van der Waals surface area (Å²) < 4.78 is 0. The molecule has 0 unspecified atom stereocenters. The Bertz CT molecular complexity index is 390. The Hall–Kier alpha value is -1.35. The predicted octanol–water partition coefficient (Wildman–Crippen LogP) is 2.59. The molecule has 0 heterocycles. The van der Waals surface area contributed by atoms with Crippen molar-refractivity contribution in [3.63, 3.8) is 0 Å². The van der Waals surface area contributed by atoms with Gasteiger partial charge in [-0.05, 0) is 36.4 Å². The standard InChI is InChI=1S/C15H23NO2/c1-11(14(17)18)16-10-9-12-5-7-13(8-6-12)15(2,3)4/h5-8,11,16H,9-10H2,1-4H3,(H,17,18)/t11-/m1/s1. The van der Waals surface area contributed by atoms with Gasteiger partial charge in [-0.2, -0.15) is 0 Å². The van der Waals surface area contributed by atoms with Crippen molar-refractivity contribution >= 4 is 5.97 Å². The summed E-state index contributed by atoms with van der Waals surface area (Å²) in [6.07, 6.45) is 0.849. The van der Waals surface area contributed by atoms with Gasteiger partial charge in [-0.25, -0.2) is 0 Å². The van der Waals surface area contributed by atoms with Crippen molar-refractivity contribution < 1.29 is 9.90 Å². The first-order valence-corrected chi connectivity index (χ1v) is 6.36. The molecule has 0 amide bonds. The molecule has 100 valence electrons. The Balaban J connectivity index is 2.47. The van der Waals surface area contributed by atoms with E-state index in [0.717, 1.165) is 6.42 Å². The molecule has 1 rings (SSSR count). The van der Waals surface area contributed by atoms with Crippen LogP contribution in [0.1, 0.15) is 38.8 Å². The van der Waals surface area contributed by atoms with Crippen LogP contribution >= 0.6 is 0 Å². The zero-order valence-corrected chi connectivity index (χ0v) is 11.7. The summed E-state index contributed by atoms with van der Waals surface area (Å²) >= 11 is 0. The molecule has 2 N–H and O–H groups in total. The molecule has 0 aliphatic heterocycles. The summed E-state index contributed by atoms with van der Waals surface area (Å²) in [4.78, 5) is 10.6. The molecule has 18 heavy (non-hydrogen) atoms. The van der Waals surface area contributed by atoms with Crippen molar-refractivity contribution in [2.24, 2.45) is 0 Å². The topological polar surface area (TPSA) is 49.3 Å². The molecule has 0 bridgehead atoms. The lowest BCUT2D eigenvalue weighted by Gasteiger charge is -2.19. The number of carboxylic acids is 1. The molecular weight excluding hydrogens is 226 g/mol. The minimum absolute atomic E-state index is 0.175. The van der Waals surface area contributed by atoms with E-state index in [4.69, 9.17) is 5.11 Å². The molecule has 1 atom stereocenters. The van der Waals surface area contributed by atoms with E-state index >= 15 is 0 Å². The zero-order valence-electron chi connectivity index (χ0n) is 11.7. The Morgan fingerprint density at radius 1 is 1.28 bits per heavy atom. The molecule has 0 aliphatic carbocycles. The smallest absolute Gasteiger partial charge is 0.320 e. The normalized spacial score (nSPS) is 13.3. The maximum atomic E-state index is 10.6. The van der Waals surface area contributed by atoms with Crippen LogP contribution in [0.3, 0.4) is 0 Å². The Morgan fingerprint density at radius 2 is 1.83 bits per heavy atom. The highest BCUT2D eigenvalue weighted by molar-refractivity contribution is 5.72. The zero-order chi connectivity index (χ0) is 13.8. The molecule has 0 fully saturated rings. The van der Waals surface area contributed by atoms with Gasteiger partial charge in [0, 0.05) is 0 Å². The fourth-order valence-corrected chi connectivity index (χ4v) is 1.69. The Labute approximate surface area is 109 Å². The molecular formula is C15H23NO2. The summed E-state index contributed by atoms with van der Waals surface area (Å²) in [5, 5.41) is 11.7. The lowest BCUT2D eigenvalue weighted by Crippen LogP contribution is -2.34. The summed E-state index contributed by atoms with van der Waals surface area (Å²) in [5.41, 5.74) is 2.72. The molecule has 0 aliphatic rings. The first kappa shape index (κ1) is 14.7. The third kappa shape index (κ3) is 4.49. The molecule has 0 radical (unpaired) electrons. The van der Waals surface area contributed by atoms with E-state index in [9.17, 15) is 4.79 Å². The van der Waals surface area contributed by atoms with E-state index in [0.29, 0.717) is 6.54 Å². The van der Waals surface area contributed by atoms with Crippen molar-refractivity contribution in [2.45, 2.75) is 45.6 Å². The number of rotatable bonds is 5. The average molecular weight is 249 g/mol. The fraction of sp³-hybridized carbons (Fsp3) is 0.533. The number of hydrogen-bond donors (Lipinski definition) is 2. The molecule has 0 spiro atoms. The second-order valence-electron chi connectivity index (χ2n) is 5.71. The quantitative estimate of drug-likeness (QED) is 0.843. The number of carbonyl (C=O) groups is 1. The highest BCUT2D eigenvalue weighted by atomic mass is 16.4. The van der Waals surface area contributed by atoms with Crippen molar-refractivity contribution in [3.8, 4) is 0 Å². The van der Waals surface area contributed by atoms with Crippen LogP contribution in [0.25, 0.3) is 0 Å². The van der Waals surface area contributed by atoms with Crippen LogP contribution in [-0.4, -0.2) is 23.7 Å². The van der Waals surface area contributed by atoms with Gasteiger partial charge in [0.2, 0.25) is 0 Å². The van der Waals surface area contributed by atoms with Crippen LogP contribution < -0.4 is 5.32 Å². The van der Waals surface area contributed by atoms with Crippen molar-refractivity contribution in [1.29, 1.82) is 0 Å². The van der Waals surface area contributed by atoms with Gasteiger partial charge in [0.15, 0.2) is 0 Å². The lowest BCUT2D eigenvalue weighted by atomic mass is 9.86. The van der Waals surface area contributed by atoms with Gasteiger partial charge in [-0.1, -0.05) is 45.0 Å². The van der Waals surface area contributed by atoms with Gasteiger partial charge in [0.25, 0.3) is 0 Å². The van der Waals surface area contributed by atoms with E-state index in [1.54, 1.807) is 6.92 Å². The van der Waals surface area contributed by atoms with E-state index in [1.165, 1.54) is 11.1 Å². The summed E-state index contributed by atoms with van der Waals surface area (Å²) in [6.45, 7) is 8.92. The van der Waals surface area contributed by atoms with Gasteiger partial charge in [-0.3, -0.25) is 4.79 Å². The molecule has 3 heteroatoms. The van der Waals surface area contributed by atoms with Crippen LogP contribution in [0, 0.1) is 0 Å². The van der Waals surface area contributed by atoms with E-state index in [-0.39, 0.29) is 5.41 Å². The number of aliphatic carboxylic acids is 1. The van der Waals surface area contributed by atoms with E-state index in [1.807, 2.05) is 0 Å². The summed E-state index contributed by atoms with van der Waals surface area (Å²) in [7, 11) is 0. The minimum Gasteiger partial charge on any atom is -0.480 e.